The molecule has 0 atom stereocenters. The molecule has 0 fully saturated rings. The van der Waals surface area contributed by atoms with Crippen molar-refractivity contribution in [1.29, 1.82) is 0 Å². The average Bonchev–Trinajstić information content (AvgIpc) is 2.54. The number of nitrogens with zero attached hydrogens (tertiary/aromatic N) is 2. The molecule has 0 unspecified atom stereocenters. The van der Waals surface area contributed by atoms with Gasteiger partial charge in [-0.05, 0) is 43.2 Å². The summed E-state index contributed by atoms with van der Waals surface area (Å²) in [5.74, 6) is 0.124. The summed E-state index contributed by atoms with van der Waals surface area (Å²) in [5.41, 5.74) is 1.88. The van der Waals surface area contributed by atoms with Crippen LogP contribution in [0.15, 0.2) is 30.5 Å². The lowest BCUT2D eigenvalue weighted by Crippen LogP contribution is -2.16. The van der Waals surface area contributed by atoms with Gasteiger partial charge in [0.05, 0.1) is 0 Å². The number of hydrogen-bond donors (Lipinski definition) is 2. The molecule has 0 radical (unpaired) electrons. The zero-order valence-electron chi connectivity index (χ0n) is 13.1. The van der Waals surface area contributed by atoms with E-state index < -0.39 is 0 Å². The molecular formula is C16H19ClN4O2. The Morgan fingerprint density at radius 1 is 1.35 bits per heavy atom. The second-order valence-corrected chi connectivity index (χ2v) is 5.39. The number of aryl methyl sites for hydroxylation is 1. The van der Waals surface area contributed by atoms with Gasteiger partial charge < -0.3 is 15.4 Å². The molecule has 2 N–H and O–H groups in total. The summed E-state index contributed by atoms with van der Waals surface area (Å²) in [6.07, 6.45) is 2.38. The predicted octanol–water partition coefficient (Wildman–Crippen LogP) is 3.14. The summed E-state index contributed by atoms with van der Waals surface area (Å²) >= 11 is 5.91. The number of aromatic nitrogens is 2. The molecule has 2 rings (SSSR count). The summed E-state index contributed by atoms with van der Waals surface area (Å²) in [4.78, 5) is 20.6. The minimum absolute atomic E-state index is 0.294. The van der Waals surface area contributed by atoms with Gasteiger partial charge in [0, 0.05) is 37.2 Å². The first kappa shape index (κ1) is 17.2. The van der Waals surface area contributed by atoms with Crippen molar-refractivity contribution in [3.63, 3.8) is 0 Å². The molecule has 0 aliphatic rings. The molecule has 1 amide bonds. The molecule has 0 aliphatic carbocycles. The molecule has 0 saturated heterocycles. The highest BCUT2D eigenvalue weighted by Crippen LogP contribution is 2.20. The third-order valence-corrected chi connectivity index (χ3v) is 3.37. The van der Waals surface area contributed by atoms with Gasteiger partial charge in [-0.3, -0.25) is 4.79 Å². The van der Waals surface area contributed by atoms with Crippen LogP contribution in [0.3, 0.4) is 0 Å². The average molecular weight is 335 g/mol. The molecule has 0 bridgehead atoms. The fourth-order valence-corrected chi connectivity index (χ4v) is 2.17. The molecule has 1 heterocycles. The van der Waals surface area contributed by atoms with E-state index in [1.165, 1.54) is 0 Å². The van der Waals surface area contributed by atoms with Crippen LogP contribution in [0.5, 0.6) is 0 Å². The van der Waals surface area contributed by atoms with Crippen molar-refractivity contribution in [3.05, 3.63) is 46.7 Å². The Balaban J connectivity index is 2.01. The zero-order valence-corrected chi connectivity index (χ0v) is 13.9. The second-order valence-electron chi connectivity index (χ2n) is 4.95. The fraction of sp³-hybridized carbons (Fsp3) is 0.312. The van der Waals surface area contributed by atoms with Gasteiger partial charge in [-0.2, -0.15) is 0 Å². The lowest BCUT2D eigenvalue weighted by atomic mass is 10.2. The molecule has 23 heavy (non-hydrogen) atoms. The van der Waals surface area contributed by atoms with Crippen molar-refractivity contribution in [2.45, 2.75) is 13.3 Å². The summed E-state index contributed by atoms with van der Waals surface area (Å²) in [5, 5.41) is 6.51. The number of halogens is 1. The third kappa shape index (κ3) is 5.19. The molecule has 7 heteroatoms. The van der Waals surface area contributed by atoms with Crippen LogP contribution in [0.2, 0.25) is 5.02 Å². The molecule has 2 aromatic rings. The Morgan fingerprint density at radius 3 is 2.91 bits per heavy atom. The number of anilines is 2. The van der Waals surface area contributed by atoms with Crippen molar-refractivity contribution in [2.24, 2.45) is 0 Å². The highest BCUT2D eigenvalue weighted by atomic mass is 35.5. The van der Waals surface area contributed by atoms with E-state index >= 15 is 0 Å². The number of carbonyl (C=O) groups excluding carboxylic acids is 1. The van der Waals surface area contributed by atoms with Crippen molar-refractivity contribution in [3.8, 4) is 0 Å². The maximum Gasteiger partial charge on any atom is 0.274 e. The monoisotopic (exact) mass is 334 g/mol. The highest BCUT2D eigenvalue weighted by Gasteiger charge is 2.10. The zero-order chi connectivity index (χ0) is 16.7. The number of nitrogens with one attached hydrogen (secondary N) is 2. The standard InChI is InChI=1S/C16H19ClN4O2/c1-11-10-12(17)4-5-13(11)20-15(22)14-6-8-19-16(21-14)18-7-3-9-23-2/h4-6,8,10H,3,7,9H2,1-2H3,(H,20,22)(H,18,19,21). The Hall–Kier alpha value is -2.18. The Kier molecular flexibility index (Phi) is 6.31. The van der Waals surface area contributed by atoms with Crippen LogP contribution in [0.25, 0.3) is 0 Å². The van der Waals surface area contributed by atoms with Gasteiger partial charge in [0.15, 0.2) is 0 Å². The molecule has 122 valence electrons. The minimum Gasteiger partial charge on any atom is -0.385 e. The van der Waals surface area contributed by atoms with E-state index in [2.05, 4.69) is 20.6 Å². The van der Waals surface area contributed by atoms with Crippen molar-refractivity contribution < 1.29 is 9.53 Å². The van der Waals surface area contributed by atoms with Crippen LogP contribution in [-0.4, -0.2) is 36.1 Å². The first-order valence-electron chi connectivity index (χ1n) is 7.23. The lowest BCUT2D eigenvalue weighted by molar-refractivity contribution is 0.102. The van der Waals surface area contributed by atoms with Crippen LogP contribution in [-0.2, 0) is 4.74 Å². The van der Waals surface area contributed by atoms with Gasteiger partial charge in [-0.25, -0.2) is 9.97 Å². The van der Waals surface area contributed by atoms with E-state index in [4.69, 9.17) is 16.3 Å². The maximum atomic E-state index is 12.3. The number of carbonyl (C=O) groups is 1. The number of hydrogen-bond acceptors (Lipinski definition) is 5. The summed E-state index contributed by atoms with van der Waals surface area (Å²) in [6, 6.07) is 6.86. The number of ether oxygens (including phenoxy) is 1. The van der Waals surface area contributed by atoms with Gasteiger partial charge in [0.1, 0.15) is 5.69 Å². The SMILES string of the molecule is COCCCNc1nccc(C(=O)Nc2ccc(Cl)cc2C)n1. The molecular weight excluding hydrogens is 316 g/mol. The summed E-state index contributed by atoms with van der Waals surface area (Å²) in [6.45, 7) is 3.21. The van der Waals surface area contributed by atoms with Gasteiger partial charge in [-0.15, -0.1) is 0 Å². The fourth-order valence-electron chi connectivity index (χ4n) is 1.94. The van der Waals surface area contributed by atoms with E-state index in [1.807, 2.05) is 6.92 Å². The van der Waals surface area contributed by atoms with Crippen LogP contribution in [0, 0.1) is 6.92 Å². The van der Waals surface area contributed by atoms with E-state index in [1.54, 1.807) is 37.6 Å². The quantitative estimate of drug-likeness (QED) is 0.761. The van der Waals surface area contributed by atoms with Crippen molar-refractivity contribution >= 4 is 29.1 Å². The number of rotatable bonds is 7. The minimum atomic E-state index is -0.294. The Bertz CT molecular complexity index is 679. The van der Waals surface area contributed by atoms with E-state index in [-0.39, 0.29) is 5.91 Å². The number of methoxy groups -OCH3 is 1. The highest BCUT2D eigenvalue weighted by molar-refractivity contribution is 6.30. The normalized spacial score (nSPS) is 10.4. The molecule has 0 aliphatic heterocycles. The molecule has 0 saturated carbocycles. The van der Waals surface area contributed by atoms with Gasteiger partial charge in [0.2, 0.25) is 5.95 Å². The van der Waals surface area contributed by atoms with E-state index in [9.17, 15) is 4.79 Å². The van der Waals surface area contributed by atoms with Crippen LogP contribution in [0.1, 0.15) is 22.5 Å². The third-order valence-electron chi connectivity index (χ3n) is 3.13. The van der Waals surface area contributed by atoms with Crippen LogP contribution in [0.4, 0.5) is 11.6 Å². The Morgan fingerprint density at radius 2 is 2.17 bits per heavy atom. The molecule has 1 aromatic heterocycles. The Labute approximate surface area is 140 Å². The molecule has 6 nitrogen and oxygen atoms in total. The van der Waals surface area contributed by atoms with Crippen LogP contribution < -0.4 is 10.6 Å². The summed E-state index contributed by atoms with van der Waals surface area (Å²) < 4.78 is 4.97. The molecule has 0 spiro atoms. The molecule has 1 aromatic carbocycles. The first-order chi connectivity index (χ1) is 11.1. The van der Waals surface area contributed by atoms with E-state index in [0.717, 1.165) is 12.0 Å². The van der Waals surface area contributed by atoms with Gasteiger partial charge >= 0.3 is 0 Å². The van der Waals surface area contributed by atoms with Crippen LogP contribution >= 0.6 is 11.6 Å². The predicted molar refractivity (Wildman–Crippen MR) is 91.2 cm³/mol. The topological polar surface area (TPSA) is 76.1 Å². The smallest absolute Gasteiger partial charge is 0.274 e. The lowest BCUT2D eigenvalue weighted by Gasteiger charge is -2.09. The first-order valence-corrected chi connectivity index (χ1v) is 7.61. The van der Waals surface area contributed by atoms with Crippen molar-refractivity contribution in [1.82, 2.24) is 9.97 Å². The van der Waals surface area contributed by atoms with Crippen molar-refractivity contribution in [2.75, 3.05) is 30.9 Å². The van der Waals surface area contributed by atoms with Gasteiger partial charge in [-0.1, -0.05) is 11.6 Å². The second kappa shape index (κ2) is 8.45. The van der Waals surface area contributed by atoms with Gasteiger partial charge in [0.25, 0.3) is 5.91 Å². The largest absolute Gasteiger partial charge is 0.385 e. The van der Waals surface area contributed by atoms with E-state index in [0.29, 0.717) is 35.5 Å². The summed E-state index contributed by atoms with van der Waals surface area (Å²) in [7, 11) is 1.65. The maximum absolute atomic E-state index is 12.3. The number of benzene rings is 1. The number of amides is 1.